The van der Waals surface area contributed by atoms with E-state index in [0.29, 0.717) is 12.0 Å². The van der Waals surface area contributed by atoms with Gasteiger partial charge in [-0.15, -0.1) is 0 Å². The number of nitrogens with two attached hydrogens (primary N) is 1. The molecule has 0 unspecified atom stereocenters. The van der Waals surface area contributed by atoms with Gasteiger partial charge in [0.15, 0.2) is 0 Å². The van der Waals surface area contributed by atoms with E-state index in [2.05, 4.69) is 39.2 Å². The number of hydrogen-bond donors (Lipinski definition) is 1. The van der Waals surface area contributed by atoms with Gasteiger partial charge >= 0.3 is 0 Å². The van der Waals surface area contributed by atoms with Crippen LogP contribution in [0.25, 0.3) is 0 Å². The van der Waals surface area contributed by atoms with Crippen LogP contribution in [0.5, 0.6) is 0 Å². The molecule has 20 heavy (non-hydrogen) atoms. The summed E-state index contributed by atoms with van der Waals surface area (Å²) in [5, 5.41) is 0. The molecule has 1 aromatic rings. The molecule has 0 atom stereocenters. The van der Waals surface area contributed by atoms with Crippen LogP contribution >= 0.6 is 0 Å². The van der Waals surface area contributed by atoms with Crippen LogP contribution in [-0.2, 0) is 5.41 Å². The highest BCUT2D eigenvalue weighted by molar-refractivity contribution is 5.42. The van der Waals surface area contributed by atoms with Crippen molar-refractivity contribution in [2.45, 2.75) is 90.5 Å². The molecule has 0 aromatic carbocycles. The third kappa shape index (κ3) is 3.02. The Morgan fingerprint density at radius 2 is 1.65 bits per heavy atom. The summed E-state index contributed by atoms with van der Waals surface area (Å²) in [6, 6.07) is 0.372. The Morgan fingerprint density at radius 1 is 1.10 bits per heavy atom. The van der Waals surface area contributed by atoms with Crippen molar-refractivity contribution in [2.75, 3.05) is 5.73 Å². The third-order valence-corrected chi connectivity index (χ3v) is 4.41. The molecule has 1 fully saturated rings. The van der Waals surface area contributed by atoms with Crippen LogP contribution in [-0.4, -0.2) is 9.55 Å². The summed E-state index contributed by atoms with van der Waals surface area (Å²) in [5.74, 6) is 2.62. The lowest BCUT2D eigenvalue weighted by atomic mass is 9.95. The molecule has 114 valence electrons. The average molecular weight is 277 g/mol. The molecule has 1 heterocycles. The fourth-order valence-electron chi connectivity index (χ4n) is 3.37. The normalized spacial score (nSPS) is 18.5. The Bertz CT molecular complexity index is 444. The molecule has 1 aliphatic rings. The molecule has 1 aromatic heterocycles. The van der Waals surface area contributed by atoms with Gasteiger partial charge in [-0.3, -0.25) is 0 Å². The molecule has 0 aliphatic heterocycles. The van der Waals surface area contributed by atoms with Gasteiger partial charge in [0.1, 0.15) is 11.6 Å². The van der Waals surface area contributed by atoms with E-state index in [1.54, 1.807) is 0 Å². The topological polar surface area (TPSA) is 43.8 Å². The maximum Gasteiger partial charge on any atom is 0.127 e. The molecule has 3 nitrogen and oxygen atoms in total. The molecule has 0 radical (unpaired) electrons. The molecule has 0 amide bonds. The molecule has 0 spiro atoms. The van der Waals surface area contributed by atoms with Gasteiger partial charge in [-0.25, -0.2) is 4.98 Å². The minimum Gasteiger partial charge on any atom is -0.384 e. The molecule has 0 saturated heterocycles. The van der Waals surface area contributed by atoms with Gasteiger partial charge in [0.2, 0.25) is 0 Å². The van der Waals surface area contributed by atoms with Gasteiger partial charge in [-0.2, -0.15) is 0 Å². The minimum atomic E-state index is 0.0430. The first-order chi connectivity index (χ1) is 9.32. The summed E-state index contributed by atoms with van der Waals surface area (Å²) in [6.45, 7) is 11.1. The van der Waals surface area contributed by atoms with Crippen molar-refractivity contribution in [3.63, 3.8) is 0 Å². The number of imidazole rings is 1. The molecule has 2 N–H and O–H groups in total. The van der Waals surface area contributed by atoms with Crippen LogP contribution in [0.4, 0.5) is 5.82 Å². The Labute approximate surface area is 124 Å². The fourth-order valence-corrected chi connectivity index (χ4v) is 3.37. The number of anilines is 1. The predicted octanol–water partition coefficient (Wildman–Crippen LogP) is 4.78. The zero-order valence-corrected chi connectivity index (χ0v) is 13.9. The summed E-state index contributed by atoms with van der Waals surface area (Å²) in [4.78, 5) is 5.01. The summed E-state index contributed by atoms with van der Waals surface area (Å²) >= 11 is 0. The second-order valence-corrected chi connectivity index (χ2v) is 7.61. The van der Waals surface area contributed by atoms with Gasteiger partial charge in [-0.05, 0) is 26.7 Å². The number of rotatable bonds is 2. The fraction of sp³-hybridized carbons (Fsp3) is 0.824. The third-order valence-electron chi connectivity index (χ3n) is 4.41. The standard InChI is InChI=1S/C17H31N3/c1-12(2)20-15(18)14(19-16(20)17(3,4)5)13-10-8-6-7-9-11-13/h12-13H,6-11,18H2,1-5H3. The van der Waals surface area contributed by atoms with Crippen LogP contribution in [0.1, 0.15) is 96.6 Å². The lowest BCUT2D eigenvalue weighted by molar-refractivity contribution is 0.472. The van der Waals surface area contributed by atoms with Gasteiger partial charge in [-0.1, -0.05) is 46.5 Å². The van der Waals surface area contributed by atoms with E-state index in [-0.39, 0.29) is 5.41 Å². The summed E-state index contributed by atoms with van der Waals surface area (Å²) in [6.07, 6.45) is 7.89. The van der Waals surface area contributed by atoms with E-state index >= 15 is 0 Å². The van der Waals surface area contributed by atoms with Gasteiger partial charge in [0.05, 0.1) is 5.69 Å². The van der Waals surface area contributed by atoms with E-state index in [0.717, 1.165) is 11.6 Å². The molecule has 2 rings (SSSR count). The quantitative estimate of drug-likeness (QED) is 0.790. The number of hydrogen-bond acceptors (Lipinski definition) is 2. The van der Waals surface area contributed by atoms with Gasteiger partial charge in [0.25, 0.3) is 0 Å². The van der Waals surface area contributed by atoms with E-state index in [9.17, 15) is 0 Å². The van der Waals surface area contributed by atoms with Crippen molar-refractivity contribution < 1.29 is 0 Å². The highest BCUT2D eigenvalue weighted by atomic mass is 15.2. The lowest BCUT2D eigenvalue weighted by Crippen LogP contribution is -2.21. The summed E-state index contributed by atoms with van der Waals surface area (Å²) in [5.41, 5.74) is 7.70. The van der Waals surface area contributed by atoms with E-state index in [4.69, 9.17) is 10.7 Å². The van der Waals surface area contributed by atoms with Crippen molar-refractivity contribution >= 4 is 5.82 Å². The Kier molecular flexibility index (Phi) is 4.46. The largest absolute Gasteiger partial charge is 0.384 e. The first-order valence-electron chi connectivity index (χ1n) is 8.20. The van der Waals surface area contributed by atoms with Crippen LogP contribution in [0.3, 0.4) is 0 Å². The Morgan fingerprint density at radius 3 is 2.05 bits per heavy atom. The van der Waals surface area contributed by atoms with Crippen LogP contribution < -0.4 is 5.73 Å². The minimum absolute atomic E-state index is 0.0430. The zero-order valence-electron chi connectivity index (χ0n) is 13.9. The van der Waals surface area contributed by atoms with Crippen LogP contribution in [0.2, 0.25) is 0 Å². The maximum atomic E-state index is 6.48. The Hall–Kier alpha value is -0.990. The van der Waals surface area contributed by atoms with Crippen LogP contribution in [0.15, 0.2) is 0 Å². The predicted molar refractivity (Wildman–Crippen MR) is 86.2 cm³/mol. The van der Waals surface area contributed by atoms with Gasteiger partial charge < -0.3 is 10.3 Å². The number of nitrogen functional groups attached to an aromatic ring is 1. The monoisotopic (exact) mass is 277 g/mol. The molecular weight excluding hydrogens is 246 g/mol. The number of nitrogens with zero attached hydrogens (tertiary/aromatic N) is 2. The van der Waals surface area contributed by atoms with E-state index in [1.807, 2.05) is 0 Å². The highest BCUT2D eigenvalue weighted by Gasteiger charge is 2.29. The Balaban J connectivity index is 2.43. The van der Waals surface area contributed by atoms with Crippen molar-refractivity contribution in [1.29, 1.82) is 0 Å². The SMILES string of the molecule is CC(C)n1c(C(C)(C)C)nc(C2CCCCCC2)c1N. The molecular formula is C17H31N3. The summed E-state index contributed by atoms with van der Waals surface area (Å²) < 4.78 is 2.25. The molecule has 1 aliphatic carbocycles. The van der Waals surface area contributed by atoms with Crippen molar-refractivity contribution in [3.8, 4) is 0 Å². The van der Waals surface area contributed by atoms with Crippen molar-refractivity contribution in [1.82, 2.24) is 9.55 Å². The second kappa shape index (κ2) is 5.79. The van der Waals surface area contributed by atoms with Crippen molar-refractivity contribution in [2.24, 2.45) is 0 Å². The van der Waals surface area contributed by atoms with Gasteiger partial charge in [0, 0.05) is 17.4 Å². The first kappa shape index (κ1) is 15.4. The maximum absolute atomic E-state index is 6.48. The van der Waals surface area contributed by atoms with E-state index in [1.165, 1.54) is 44.2 Å². The van der Waals surface area contributed by atoms with E-state index < -0.39 is 0 Å². The first-order valence-corrected chi connectivity index (χ1v) is 8.20. The van der Waals surface area contributed by atoms with Crippen molar-refractivity contribution in [3.05, 3.63) is 11.5 Å². The zero-order chi connectivity index (χ0) is 14.9. The molecule has 3 heteroatoms. The smallest absolute Gasteiger partial charge is 0.127 e. The van der Waals surface area contributed by atoms with Crippen LogP contribution in [0, 0.1) is 0 Å². The highest BCUT2D eigenvalue weighted by Crippen LogP contribution is 2.37. The lowest BCUT2D eigenvalue weighted by Gasteiger charge is -2.22. The molecule has 0 bridgehead atoms. The average Bonchev–Trinajstić information content (AvgIpc) is 2.54. The summed E-state index contributed by atoms with van der Waals surface area (Å²) in [7, 11) is 0. The molecule has 1 saturated carbocycles. The second-order valence-electron chi connectivity index (χ2n) is 7.61. The number of aromatic nitrogens is 2.